The second kappa shape index (κ2) is 9.77. The number of nitrogens with zero attached hydrogens (tertiary/aromatic N) is 5. The number of benzene rings is 2. The fraction of sp³-hybridized carbons (Fsp3) is 0.344. The van der Waals surface area contributed by atoms with Crippen LogP contribution in [-0.4, -0.2) is 59.9 Å². The quantitative estimate of drug-likeness (QED) is 0.376. The Morgan fingerprint density at radius 3 is 2.50 bits per heavy atom. The lowest BCUT2D eigenvalue weighted by Gasteiger charge is -2.41. The molecule has 4 heterocycles. The Hall–Kier alpha value is -4.19. The molecule has 2 aliphatic heterocycles. The van der Waals surface area contributed by atoms with E-state index in [1.54, 1.807) is 20.0 Å². The minimum absolute atomic E-state index is 0.0836. The van der Waals surface area contributed by atoms with Gasteiger partial charge in [-0.25, -0.2) is 9.97 Å². The highest BCUT2D eigenvalue weighted by atomic mass is 16.3. The van der Waals surface area contributed by atoms with Crippen LogP contribution in [0.4, 0.5) is 5.82 Å². The van der Waals surface area contributed by atoms with Crippen molar-refractivity contribution in [3.63, 3.8) is 0 Å². The van der Waals surface area contributed by atoms with Crippen molar-refractivity contribution in [3.05, 3.63) is 83.9 Å². The summed E-state index contributed by atoms with van der Waals surface area (Å²) in [6, 6.07) is 17.6. The molecule has 2 bridgehead atoms. The van der Waals surface area contributed by atoms with E-state index in [0.717, 1.165) is 35.5 Å². The molecule has 0 radical (unpaired) electrons. The van der Waals surface area contributed by atoms with Crippen molar-refractivity contribution in [1.82, 2.24) is 24.2 Å². The number of aliphatic hydroxyl groups is 1. The first kappa shape index (κ1) is 26.1. The van der Waals surface area contributed by atoms with E-state index in [2.05, 4.69) is 35.6 Å². The van der Waals surface area contributed by atoms with E-state index in [9.17, 15) is 9.90 Å². The van der Waals surface area contributed by atoms with Gasteiger partial charge in [0.2, 0.25) is 0 Å². The van der Waals surface area contributed by atoms with Gasteiger partial charge < -0.3 is 15.7 Å². The van der Waals surface area contributed by atoms with Crippen LogP contribution in [0, 0.1) is 11.8 Å². The van der Waals surface area contributed by atoms with Gasteiger partial charge in [-0.1, -0.05) is 60.5 Å². The first-order valence-corrected chi connectivity index (χ1v) is 13.7. The third kappa shape index (κ3) is 4.05. The normalized spacial score (nSPS) is 21.9. The Balaban J connectivity index is 1.46. The molecule has 8 nitrogen and oxygen atoms in total. The van der Waals surface area contributed by atoms with E-state index in [1.807, 2.05) is 70.1 Å². The zero-order chi connectivity index (χ0) is 28.2. The topological polar surface area (TPSA) is 100.0 Å². The van der Waals surface area contributed by atoms with E-state index in [-0.39, 0.29) is 24.0 Å². The van der Waals surface area contributed by atoms with Gasteiger partial charge in [-0.15, -0.1) is 0 Å². The molecule has 2 aromatic heterocycles. The number of fused-ring (bicyclic) bond motifs is 3. The third-order valence-electron chi connectivity index (χ3n) is 8.48. The van der Waals surface area contributed by atoms with Crippen molar-refractivity contribution in [3.8, 4) is 23.1 Å². The molecule has 2 aliphatic rings. The summed E-state index contributed by atoms with van der Waals surface area (Å²) in [5, 5.41) is 11.3. The highest BCUT2D eigenvalue weighted by Gasteiger charge is 2.54. The Morgan fingerprint density at radius 1 is 1.12 bits per heavy atom. The Bertz CT molecular complexity index is 1630. The maximum atomic E-state index is 13.3. The maximum Gasteiger partial charge on any atom is 0.299 e. The number of hydrogen-bond donors (Lipinski definition) is 2. The molecule has 6 rings (SSSR count). The summed E-state index contributed by atoms with van der Waals surface area (Å²) < 4.78 is 1.98. The zero-order valence-electron chi connectivity index (χ0n) is 23.2. The average molecular weight is 535 g/mol. The number of hydrogen-bond acceptors (Lipinski definition) is 6. The van der Waals surface area contributed by atoms with Crippen molar-refractivity contribution in [2.45, 2.75) is 63.9 Å². The van der Waals surface area contributed by atoms with Gasteiger partial charge in [0.25, 0.3) is 5.91 Å². The van der Waals surface area contributed by atoms with Crippen molar-refractivity contribution >= 4 is 17.2 Å². The van der Waals surface area contributed by atoms with Crippen LogP contribution in [0.3, 0.4) is 0 Å². The smallest absolute Gasteiger partial charge is 0.299 e. The van der Waals surface area contributed by atoms with Crippen molar-refractivity contribution in [2.75, 3.05) is 12.3 Å². The number of nitrogens with two attached hydrogens (primary N) is 1. The van der Waals surface area contributed by atoms with Gasteiger partial charge in [-0.05, 0) is 51.2 Å². The number of aromatic nitrogens is 3. The fourth-order valence-corrected chi connectivity index (χ4v) is 6.52. The van der Waals surface area contributed by atoms with Gasteiger partial charge in [-0.3, -0.25) is 14.1 Å². The molecule has 8 heteroatoms. The average Bonchev–Trinajstić information content (AvgIpc) is 3.66. The predicted octanol–water partition coefficient (Wildman–Crippen LogP) is 3.99. The first-order valence-electron chi connectivity index (χ1n) is 13.7. The van der Waals surface area contributed by atoms with Gasteiger partial charge in [0.1, 0.15) is 34.5 Å². The summed E-state index contributed by atoms with van der Waals surface area (Å²) in [6.07, 6.45) is 4.42. The molecule has 0 aliphatic carbocycles. The van der Waals surface area contributed by atoms with Gasteiger partial charge in [0.15, 0.2) is 0 Å². The standard InChI is InChI=1S/C32H34N6O2/c1-5-9-26(39)38-24-18-25(37(19-24)20(2)3)28(38)31-35-27(29-30(33)34-16-17-36(29)31)21-12-14-23(15-13-21)32(4,40)22-10-7-6-8-11-22/h6-8,10-17,20,24-25,28,40H,18-19H2,1-4H3,(H2,33,34)/t24?,25-,28?,32?/m0/s1. The van der Waals surface area contributed by atoms with Crippen LogP contribution in [0.15, 0.2) is 67.0 Å². The highest BCUT2D eigenvalue weighted by molar-refractivity contribution is 5.94. The molecular weight excluding hydrogens is 500 g/mol. The molecule has 4 aromatic rings. The molecule has 4 atom stereocenters. The summed E-state index contributed by atoms with van der Waals surface area (Å²) in [4.78, 5) is 27.2. The number of carbonyl (C=O) groups is 1. The minimum Gasteiger partial charge on any atom is -0.382 e. The maximum absolute atomic E-state index is 13.3. The number of imidazole rings is 1. The van der Waals surface area contributed by atoms with Crippen molar-refractivity contribution in [1.29, 1.82) is 0 Å². The Morgan fingerprint density at radius 2 is 1.82 bits per heavy atom. The number of amides is 1. The molecule has 3 N–H and O–H groups in total. The molecule has 1 amide bonds. The molecule has 40 heavy (non-hydrogen) atoms. The van der Waals surface area contributed by atoms with Crippen molar-refractivity contribution < 1.29 is 9.90 Å². The summed E-state index contributed by atoms with van der Waals surface area (Å²) in [5.41, 5.74) is 9.14. The van der Waals surface area contributed by atoms with E-state index in [1.165, 1.54) is 0 Å². The number of piperazine rings is 1. The van der Waals surface area contributed by atoms with Crippen molar-refractivity contribution in [2.24, 2.45) is 0 Å². The van der Waals surface area contributed by atoms with E-state index < -0.39 is 5.60 Å². The van der Waals surface area contributed by atoms with Crippen LogP contribution in [-0.2, 0) is 10.4 Å². The minimum atomic E-state index is -1.15. The number of rotatable bonds is 5. The molecule has 3 unspecified atom stereocenters. The predicted molar refractivity (Wildman–Crippen MR) is 155 cm³/mol. The summed E-state index contributed by atoms with van der Waals surface area (Å²) in [5.74, 6) is 6.50. The van der Waals surface area contributed by atoms with Gasteiger partial charge in [0.05, 0.1) is 0 Å². The number of likely N-dealkylation sites (tertiary alicyclic amines) is 2. The lowest BCUT2D eigenvalue weighted by molar-refractivity contribution is -0.131. The van der Waals surface area contributed by atoms with Gasteiger partial charge in [-0.2, -0.15) is 0 Å². The van der Waals surface area contributed by atoms with Gasteiger partial charge >= 0.3 is 0 Å². The van der Waals surface area contributed by atoms with E-state index in [4.69, 9.17) is 10.7 Å². The van der Waals surface area contributed by atoms with Crippen LogP contribution in [0.2, 0.25) is 0 Å². The van der Waals surface area contributed by atoms with Gasteiger partial charge in [0, 0.05) is 42.6 Å². The first-order chi connectivity index (χ1) is 19.2. The van der Waals surface area contributed by atoms with Crippen LogP contribution >= 0.6 is 0 Å². The summed E-state index contributed by atoms with van der Waals surface area (Å²) in [7, 11) is 0. The summed E-state index contributed by atoms with van der Waals surface area (Å²) in [6.45, 7) is 8.70. The second-order valence-corrected chi connectivity index (χ2v) is 11.1. The lowest BCUT2D eigenvalue weighted by Crippen LogP contribution is -2.52. The molecule has 204 valence electrons. The summed E-state index contributed by atoms with van der Waals surface area (Å²) >= 11 is 0. The van der Waals surface area contributed by atoms with Crippen LogP contribution in [0.1, 0.15) is 57.1 Å². The molecule has 0 spiro atoms. The van der Waals surface area contributed by atoms with E-state index in [0.29, 0.717) is 23.1 Å². The number of nitrogen functional groups attached to an aromatic ring is 1. The monoisotopic (exact) mass is 534 g/mol. The molecular formula is C32H34N6O2. The Kier molecular flexibility index (Phi) is 6.37. The molecule has 2 saturated heterocycles. The largest absolute Gasteiger partial charge is 0.382 e. The number of anilines is 1. The SMILES string of the molecule is CC#CC(=O)N1C2C[C@@H](C1c1nc(-c3ccc(C(C)(O)c4ccccc4)cc3)c3c(N)nccn13)N(C(C)C)C2. The third-order valence-corrected chi connectivity index (χ3v) is 8.48. The zero-order valence-corrected chi connectivity index (χ0v) is 23.2. The van der Waals surface area contributed by atoms with Crippen LogP contribution in [0.25, 0.3) is 16.8 Å². The Labute approximate surface area is 234 Å². The van der Waals surface area contributed by atoms with E-state index >= 15 is 0 Å². The molecule has 2 aromatic carbocycles. The molecule has 0 saturated carbocycles. The number of carbonyl (C=O) groups excluding carboxylic acids is 1. The molecule has 2 fully saturated rings. The lowest BCUT2D eigenvalue weighted by atomic mass is 9.87. The van der Waals surface area contributed by atoms with Crippen LogP contribution in [0.5, 0.6) is 0 Å². The fourth-order valence-electron chi connectivity index (χ4n) is 6.52. The van der Waals surface area contributed by atoms with Crippen LogP contribution < -0.4 is 5.73 Å². The highest BCUT2D eigenvalue weighted by Crippen LogP contribution is 2.46. The second-order valence-electron chi connectivity index (χ2n) is 11.1.